The van der Waals surface area contributed by atoms with E-state index in [0.717, 1.165) is 24.3 Å². The van der Waals surface area contributed by atoms with Crippen LogP contribution in [0.1, 0.15) is 31.8 Å². The van der Waals surface area contributed by atoms with Gasteiger partial charge >= 0.3 is 11.9 Å². The van der Waals surface area contributed by atoms with Crippen LogP contribution in [-0.2, 0) is 20.2 Å². The van der Waals surface area contributed by atoms with Gasteiger partial charge in [0.2, 0.25) is 35.0 Å². The predicted molar refractivity (Wildman–Crippen MR) is 251 cm³/mol. The largest absolute Gasteiger partial charge is 0.478 e. The highest BCUT2D eigenvalue weighted by Gasteiger charge is 2.17. The number of carboxylic acids is 2. The molecule has 0 unspecified atom stereocenters. The second-order valence-corrected chi connectivity index (χ2v) is 17.3. The molecule has 12 N–H and O–H groups in total. The third-order valence-corrected chi connectivity index (χ3v) is 11.4. The van der Waals surface area contributed by atoms with Gasteiger partial charge in [0.05, 0.1) is 58.7 Å². The highest BCUT2D eigenvalue weighted by Crippen LogP contribution is 2.25. The van der Waals surface area contributed by atoms with E-state index in [9.17, 15) is 66.2 Å². The van der Waals surface area contributed by atoms with Gasteiger partial charge in [0.25, 0.3) is 20.2 Å². The summed E-state index contributed by atoms with van der Waals surface area (Å²) in [5, 5.41) is 64.9. The van der Waals surface area contributed by atoms with Crippen LogP contribution in [0, 0.1) is 0 Å². The molecule has 0 spiro atoms. The summed E-state index contributed by atoms with van der Waals surface area (Å²) in [6, 6.07) is 18.2. The minimum Gasteiger partial charge on any atom is -0.478 e. The summed E-state index contributed by atoms with van der Waals surface area (Å²) < 4.78 is 64.8. The number of nitrogens with zero attached hydrogens (tertiary/aromatic N) is 8. The van der Waals surface area contributed by atoms with Gasteiger partial charge in [-0.05, 0) is 83.9 Å². The first-order valence-electron chi connectivity index (χ1n) is 20.5. The van der Waals surface area contributed by atoms with Gasteiger partial charge in [-0.2, -0.15) is 36.8 Å². The van der Waals surface area contributed by atoms with Crippen LogP contribution in [0.25, 0.3) is 12.2 Å². The SMILES string of the molecule is O=C(O)c1cc(N=c2nc(Nc3ccc(S(=O)(=O)O)cc3)nc(N(CCO)CCO)[nH]2)ccc1/C=C/c1ccc(N=c2nc(Nc3ccc(S(=O)(=O)O)cc3)nc(N(CCO)CCO)[nH]2)cc1C(=O)O. The van der Waals surface area contributed by atoms with Crippen LogP contribution in [0.5, 0.6) is 0 Å². The Bertz CT molecular complexity index is 3030. The molecule has 6 rings (SSSR count). The number of aromatic nitrogens is 6. The lowest BCUT2D eigenvalue weighted by molar-refractivity contribution is 0.0685. The molecule has 0 fully saturated rings. The van der Waals surface area contributed by atoms with Crippen LogP contribution >= 0.6 is 0 Å². The van der Waals surface area contributed by atoms with Crippen LogP contribution in [0.3, 0.4) is 0 Å². The lowest BCUT2D eigenvalue weighted by Crippen LogP contribution is -2.33. The molecule has 0 amide bonds. The summed E-state index contributed by atoms with van der Waals surface area (Å²) in [4.78, 5) is 59.5. The molecule has 28 heteroatoms. The Morgan fingerprint density at radius 2 is 0.886 bits per heavy atom. The molecule has 0 aliphatic heterocycles. The van der Waals surface area contributed by atoms with E-state index in [1.807, 2.05) is 0 Å². The van der Waals surface area contributed by atoms with Crippen LogP contribution < -0.4 is 31.7 Å². The molecule has 70 heavy (non-hydrogen) atoms. The number of nitrogens with one attached hydrogen (secondary N) is 4. The molecule has 4 aromatic carbocycles. The number of aliphatic hydroxyl groups is 4. The zero-order valence-corrected chi connectivity index (χ0v) is 37.9. The third kappa shape index (κ3) is 13.8. The number of carboxylic acid groups (broad SMARTS) is 2. The van der Waals surface area contributed by atoms with Crippen molar-refractivity contribution in [2.75, 3.05) is 73.0 Å². The summed E-state index contributed by atoms with van der Waals surface area (Å²) in [5.41, 5.74) is 0.430. The molecule has 0 saturated heterocycles. The van der Waals surface area contributed by atoms with Gasteiger partial charge in [-0.25, -0.2) is 19.6 Å². The van der Waals surface area contributed by atoms with Crippen molar-refractivity contribution in [2.24, 2.45) is 9.98 Å². The molecule has 2 aromatic heterocycles. The Labute approximate surface area is 396 Å². The van der Waals surface area contributed by atoms with Gasteiger partial charge in [0.15, 0.2) is 0 Å². The first-order chi connectivity index (χ1) is 33.4. The molecule has 26 nitrogen and oxygen atoms in total. The molecule has 0 aliphatic carbocycles. The van der Waals surface area contributed by atoms with Crippen molar-refractivity contribution in [3.63, 3.8) is 0 Å². The molecule has 368 valence electrons. The van der Waals surface area contributed by atoms with E-state index < -0.39 is 32.2 Å². The van der Waals surface area contributed by atoms with Gasteiger partial charge in [0.1, 0.15) is 0 Å². The van der Waals surface area contributed by atoms with Crippen molar-refractivity contribution < 1.29 is 66.2 Å². The molecule has 0 atom stereocenters. The van der Waals surface area contributed by atoms with Crippen LogP contribution in [-0.4, -0.2) is 151 Å². The van der Waals surface area contributed by atoms with Gasteiger partial charge in [-0.1, -0.05) is 24.3 Å². The standard InChI is InChI=1S/C42H44N12O14S2/c55-19-15-53(16-20-56)41-49-37(43-27-7-11-31(12-8-27)69(63,64)65)47-39(51-41)45-29-5-3-25(33(23-29)35(59)60)1-2-26-4-6-30(24-34(26)36(61)62)46-40-48-38(50-42(52-40)54(17-21-57)18-22-58)44-28-9-13-32(14-10-28)70(66,67)68/h1-14,23-24,55-58H,15-22H2,(H,59,60)(H,61,62)(H,63,64,65)(H,66,67,68)(H2,43,45,47,49,51)(H2,44,46,48,50,52)/b2-1+. The zero-order valence-electron chi connectivity index (χ0n) is 36.3. The number of hydrogen-bond acceptors (Lipinski definition) is 20. The maximum atomic E-state index is 12.6. The van der Waals surface area contributed by atoms with Gasteiger partial charge in [-0.3, -0.25) is 19.1 Å². The number of aromatic amines is 2. The topological polar surface area (TPSA) is 403 Å². The molecule has 2 heterocycles. The zero-order chi connectivity index (χ0) is 50.6. The Morgan fingerprint density at radius 1 is 0.543 bits per heavy atom. The summed E-state index contributed by atoms with van der Waals surface area (Å²) >= 11 is 0. The van der Waals surface area contributed by atoms with E-state index in [1.54, 1.807) is 0 Å². The molecule has 0 radical (unpaired) electrons. The fourth-order valence-corrected chi connectivity index (χ4v) is 7.36. The summed E-state index contributed by atoms with van der Waals surface area (Å²) in [5.74, 6) is -2.68. The van der Waals surface area contributed by atoms with E-state index in [-0.39, 0.29) is 131 Å². The second-order valence-electron chi connectivity index (χ2n) is 14.5. The number of aromatic carboxylic acids is 2. The highest BCUT2D eigenvalue weighted by atomic mass is 32.2. The molecule has 0 bridgehead atoms. The lowest BCUT2D eigenvalue weighted by Gasteiger charge is -2.21. The van der Waals surface area contributed by atoms with Gasteiger partial charge < -0.3 is 51.1 Å². The minimum absolute atomic E-state index is 0.0293. The quantitative estimate of drug-likeness (QED) is 0.0339. The summed E-state index contributed by atoms with van der Waals surface area (Å²) in [6.07, 6.45) is 2.78. The van der Waals surface area contributed by atoms with Crippen molar-refractivity contribution >= 4 is 90.9 Å². The third-order valence-electron chi connectivity index (χ3n) is 9.64. The monoisotopic (exact) mass is 1000 g/mol. The summed E-state index contributed by atoms with van der Waals surface area (Å²) in [6.45, 7) is -1.16. The second kappa shape index (κ2) is 22.9. The van der Waals surface area contributed by atoms with Crippen LogP contribution in [0.2, 0.25) is 0 Å². The van der Waals surface area contributed by atoms with E-state index >= 15 is 0 Å². The molecular weight excluding hydrogens is 961 g/mol. The van der Waals surface area contributed by atoms with E-state index in [1.165, 1.54) is 82.6 Å². The van der Waals surface area contributed by atoms with Crippen molar-refractivity contribution in [3.8, 4) is 0 Å². The van der Waals surface area contributed by atoms with Crippen LogP contribution in [0.15, 0.2) is 105 Å². The molecule has 6 aromatic rings. The maximum absolute atomic E-state index is 12.6. The minimum atomic E-state index is -4.47. The van der Waals surface area contributed by atoms with Crippen molar-refractivity contribution in [3.05, 3.63) is 118 Å². The number of anilines is 6. The average molecular weight is 1010 g/mol. The Hall–Kier alpha value is -7.96. The van der Waals surface area contributed by atoms with Crippen molar-refractivity contribution in [1.29, 1.82) is 0 Å². The summed E-state index contributed by atoms with van der Waals surface area (Å²) in [7, 11) is -8.94. The predicted octanol–water partition coefficient (Wildman–Crippen LogP) is 1.52. The van der Waals surface area contributed by atoms with Crippen molar-refractivity contribution in [1.82, 2.24) is 29.9 Å². The Kier molecular flexibility index (Phi) is 16.8. The van der Waals surface area contributed by atoms with E-state index in [2.05, 4.69) is 50.5 Å². The molecular formula is C42H44N12O14S2. The average Bonchev–Trinajstić information content (AvgIpc) is 3.30. The smallest absolute Gasteiger partial charge is 0.336 e. The number of carbonyl (C=O) groups is 2. The van der Waals surface area contributed by atoms with E-state index in [0.29, 0.717) is 11.4 Å². The van der Waals surface area contributed by atoms with E-state index in [4.69, 9.17) is 0 Å². The lowest BCUT2D eigenvalue weighted by atomic mass is 10.0. The maximum Gasteiger partial charge on any atom is 0.336 e. The van der Waals surface area contributed by atoms with Crippen molar-refractivity contribution in [2.45, 2.75) is 9.79 Å². The molecule has 0 aliphatic rings. The number of aliphatic hydroxyl groups excluding tert-OH is 4. The highest BCUT2D eigenvalue weighted by molar-refractivity contribution is 7.86. The number of benzene rings is 4. The Balaban J connectivity index is 1.33. The van der Waals surface area contributed by atoms with Gasteiger partial charge in [0, 0.05) is 37.6 Å². The number of hydrogen-bond donors (Lipinski definition) is 12. The first kappa shape index (κ1) is 51.4. The number of H-pyrrole nitrogens is 2. The number of rotatable bonds is 22. The van der Waals surface area contributed by atoms with Gasteiger partial charge in [-0.15, -0.1) is 0 Å². The van der Waals surface area contributed by atoms with Crippen LogP contribution in [0.4, 0.5) is 46.5 Å². The normalized spacial score (nSPS) is 12.3. The first-order valence-corrected chi connectivity index (χ1v) is 23.4. The fourth-order valence-electron chi connectivity index (χ4n) is 6.40. The fraction of sp³-hybridized carbons (Fsp3) is 0.190. The Morgan fingerprint density at radius 3 is 1.19 bits per heavy atom. The molecule has 0 saturated carbocycles.